The maximum Gasteiger partial charge on any atom is 0.273 e. The Kier molecular flexibility index (Phi) is 4.37. The van der Waals surface area contributed by atoms with E-state index in [0.717, 1.165) is 35.0 Å². The van der Waals surface area contributed by atoms with Gasteiger partial charge in [0.05, 0.1) is 17.9 Å². The molecule has 3 aromatic rings. The molecule has 1 amide bonds. The van der Waals surface area contributed by atoms with Crippen molar-refractivity contribution in [1.29, 1.82) is 0 Å². The van der Waals surface area contributed by atoms with Gasteiger partial charge in [-0.3, -0.25) is 14.9 Å². The van der Waals surface area contributed by atoms with Crippen LogP contribution in [0.25, 0.3) is 10.8 Å². The van der Waals surface area contributed by atoms with Crippen molar-refractivity contribution in [1.82, 2.24) is 20.1 Å². The average molecular weight is 308 g/mol. The second-order valence-electron chi connectivity index (χ2n) is 5.68. The Balaban J connectivity index is 1.80. The first kappa shape index (κ1) is 15.2. The van der Waals surface area contributed by atoms with Gasteiger partial charge in [-0.1, -0.05) is 37.6 Å². The molecule has 1 aromatic carbocycles. The number of rotatable bonds is 5. The number of carbonyl (C=O) groups excluding carboxylic acids is 1. The lowest BCUT2D eigenvalue weighted by molar-refractivity contribution is 0.0780. The molecule has 5 heteroatoms. The van der Waals surface area contributed by atoms with Gasteiger partial charge in [0.25, 0.3) is 5.91 Å². The molecule has 2 aromatic heterocycles. The molecular weight excluding hydrogens is 288 g/mol. The number of fused-ring (bicyclic) bond motifs is 1. The number of carbonyl (C=O) groups is 1. The van der Waals surface area contributed by atoms with Crippen LogP contribution in [-0.4, -0.2) is 33.0 Å². The summed E-state index contributed by atoms with van der Waals surface area (Å²) in [7, 11) is 1.78. The SMILES string of the molecule is CCCc1cc(CN(C)C(=O)c2nccc3ccccc23)[nH]n1. The molecular formula is C18H20N4O. The Bertz CT molecular complexity index is 819. The predicted molar refractivity (Wildman–Crippen MR) is 90.1 cm³/mol. The molecule has 2 heterocycles. The summed E-state index contributed by atoms with van der Waals surface area (Å²) in [5.41, 5.74) is 2.45. The zero-order valence-electron chi connectivity index (χ0n) is 13.4. The number of nitrogens with zero attached hydrogens (tertiary/aromatic N) is 3. The number of aromatic amines is 1. The van der Waals surface area contributed by atoms with E-state index >= 15 is 0 Å². The summed E-state index contributed by atoms with van der Waals surface area (Å²) in [6.07, 6.45) is 3.68. The summed E-state index contributed by atoms with van der Waals surface area (Å²) in [6, 6.07) is 11.7. The van der Waals surface area contributed by atoms with Crippen LogP contribution in [0.3, 0.4) is 0 Å². The number of hydrogen-bond donors (Lipinski definition) is 1. The van der Waals surface area contributed by atoms with Crippen LogP contribution in [0.2, 0.25) is 0 Å². The van der Waals surface area contributed by atoms with Crippen LogP contribution in [0.4, 0.5) is 0 Å². The third kappa shape index (κ3) is 3.23. The van der Waals surface area contributed by atoms with Crippen LogP contribution < -0.4 is 0 Å². The molecule has 118 valence electrons. The highest BCUT2D eigenvalue weighted by Crippen LogP contribution is 2.18. The van der Waals surface area contributed by atoms with Crippen molar-refractivity contribution in [3.05, 3.63) is 59.7 Å². The number of benzene rings is 1. The fourth-order valence-electron chi connectivity index (χ4n) is 2.67. The number of pyridine rings is 1. The van der Waals surface area contributed by atoms with Crippen molar-refractivity contribution in [3.63, 3.8) is 0 Å². The number of hydrogen-bond acceptors (Lipinski definition) is 3. The summed E-state index contributed by atoms with van der Waals surface area (Å²) in [5, 5.41) is 9.16. The topological polar surface area (TPSA) is 61.9 Å². The predicted octanol–water partition coefficient (Wildman–Crippen LogP) is 3.18. The zero-order chi connectivity index (χ0) is 16.2. The normalized spacial score (nSPS) is 10.9. The third-order valence-corrected chi connectivity index (χ3v) is 3.82. The summed E-state index contributed by atoms with van der Waals surface area (Å²) in [6.45, 7) is 2.61. The van der Waals surface area contributed by atoms with Crippen LogP contribution in [0, 0.1) is 0 Å². The molecule has 5 nitrogen and oxygen atoms in total. The van der Waals surface area contributed by atoms with Crippen LogP contribution >= 0.6 is 0 Å². The van der Waals surface area contributed by atoms with Crippen LogP contribution in [0.15, 0.2) is 42.6 Å². The highest BCUT2D eigenvalue weighted by atomic mass is 16.2. The van der Waals surface area contributed by atoms with E-state index in [1.165, 1.54) is 0 Å². The monoisotopic (exact) mass is 308 g/mol. The van der Waals surface area contributed by atoms with Gasteiger partial charge >= 0.3 is 0 Å². The molecule has 0 aliphatic rings. The summed E-state index contributed by atoms with van der Waals surface area (Å²) >= 11 is 0. The van der Waals surface area contributed by atoms with Crippen molar-refractivity contribution in [2.24, 2.45) is 0 Å². The lowest BCUT2D eigenvalue weighted by Crippen LogP contribution is -2.27. The molecule has 0 fully saturated rings. The molecule has 0 atom stereocenters. The minimum absolute atomic E-state index is 0.0894. The molecule has 1 N–H and O–H groups in total. The van der Waals surface area contributed by atoms with Gasteiger partial charge in [-0.25, -0.2) is 0 Å². The minimum atomic E-state index is -0.0894. The highest BCUT2D eigenvalue weighted by molar-refractivity contribution is 6.04. The van der Waals surface area contributed by atoms with E-state index in [9.17, 15) is 4.79 Å². The molecule has 0 unspecified atom stereocenters. The Morgan fingerprint density at radius 3 is 2.91 bits per heavy atom. The van der Waals surface area contributed by atoms with E-state index in [4.69, 9.17) is 0 Å². The van der Waals surface area contributed by atoms with Crippen molar-refractivity contribution in [2.75, 3.05) is 7.05 Å². The second-order valence-corrected chi connectivity index (χ2v) is 5.68. The molecule has 0 spiro atoms. The summed E-state index contributed by atoms with van der Waals surface area (Å²) in [5.74, 6) is -0.0894. The van der Waals surface area contributed by atoms with Gasteiger partial charge in [0.1, 0.15) is 5.69 Å². The summed E-state index contributed by atoms with van der Waals surface area (Å²) < 4.78 is 0. The number of H-pyrrole nitrogens is 1. The third-order valence-electron chi connectivity index (χ3n) is 3.82. The van der Waals surface area contributed by atoms with Crippen molar-refractivity contribution >= 4 is 16.7 Å². The van der Waals surface area contributed by atoms with E-state index in [-0.39, 0.29) is 5.91 Å². The molecule has 0 bridgehead atoms. The van der Waals surface area contributed by atoms with Gasteiger partial charge in [-0.2, -0.15) is 5.10 Å². The van der Waals surface area contributed by atoms with Crippen molar-refractivity contribution < 1.29 is 4.79 Å². The Morgan fingerprint density at radius 1 is 1.26 bits per heavy atom. The first-order chi connectivity index (χ1) is 11.2. The fourth-order valence-corrected chi connectivity index (χ4v) is 2.67. The first-order valence-electron chi connectivity index (χ1n) is 7.81. The maximum atomic E-state index is 12.7. The van der Waals surface area contributed by atoms with Crippen molar-refractivity contribution in [3.8, 4) is 0 Å². The molecule has 0 aliphatic heterocycles. The molecule has 0 radical (unpaired) electrons. The van der Waals surface area contributed by atoms with Crippen LogP contribution in [0.5, 0.6) is 0 Å². The zero-order valence-corrected chi connectivity index (χ0v) is 13.4. The average Bonchev–Trinajstić information content (AvgIpc) is 3.01. The lowest BCUT2D eigenvalue weighted by atomic mass is 10.1. The Hall–Kier alpha value is -2.69. The lowest BCUT2D eigenvalue weighted by Gasteiger charge is -2.16. The van der Waals surface area contributed by atoms with Gasteiger partial charge in [-0.05, 0) is 23.9 Å². The van der Waals surface area contributed by atoms with E-state index in [1.807, 2.05) is 36.4 Å². The second kappa shape index (κ2) is 6.60. The van der Waals surface area contributed by atoms with Gasteiger partial charge in [0.15, 0.2) is 0 Å². The van der Waals surface area contributed by atoms with Crippen molar-refractivity contribution in [2.45, 2.75) is 26.3 Å². The Morgan fingerprint density at radius 2 is 2.09 bits per heavy atom. The fraction of sp³-hybridized carbons (Fsp3) is 0.278. The maximum absolute atomic E-state index is 12.7. The largest absolute Gasteiger partial charge is 0.334 e. The summed E-state index contributed by atoms with van der Waals surface area (Å²) in [4.78, 5) is 18.7. The minimum Gasteiger partial charge on any atom is -0.334 e. The van der Waals surface area contributed by atoms with Gasteiger partial charge < -0.3 is 4.90 Å². The number of amides is 1. The Labute approximate surface area is 135 Å². The quantitative estimate of drug-likeness (QED) is 0.787. The van der Waals surface area contributed by atoms with Gasteiger partial charge in [0, 0.05) is 18.6 Å². The number of nitrogens with one attached hydrogen (secondary N) is 1. The molecule has 23 heavy (non-hydrogen) atoms. The number of aryl methyl sites for hydroxylation is 1. The van der Waals surface area contributed by atoms with E-state index < -0.39 is 0 Å². The van der Waals surface area contributed by atoms with Crippen LogP contribution in [-0.2, 0) is 13.0 Å². The highest BCUT2D eigenvalue weighted by Gasteiger charge is 2.17. The van der Waals surface area contributed by atoms with Crippen LogP contribution in [0.1, 0.15) is 35.2 Å². The smallest absolute Gasteiger partial charge is 0.273 e. The molecule has 0 aliphatic carbocycles. The molecule has 0 saturated carbocycles. The number of aromatic nitrogens is 3. The van der Waals surface area contributed by atoms with E-state index in [2.05, 4.69) is 22.1 Å². The molecule has 3 rings (SSSR count). The van der Waals surface area contributed by atoms with E-state index in [0.29, 0.717) is 12.2 Å². The standard InChI is InChI=1S/C18H20N4O/c1-3-6-14-11-15(21-20-14)12-22(2)18(23)17-16-8-5-4-7-13(16)9-10-19-17/h4-5,7-11H,3,6,12H2,1-2H3,(H,20,21). The van der Waals surface area contributed by atoms with Gasteiger partial charge in [-0.15, -0.1) is 0 Å². The van der Waals surface area contributed by atoms with Gasteiger partial charge in [0.2, 0.25) is 0 Å². The molecule has 0 saturated heterocycles. The van der Waals surface area contributed by atoms with E-state index in [1.54, 1.807) is 18.1 Å². The first-order valence-corrected chi connectivity index (χ1v) is 7.81.